The summed E-state index contributed by atoms with van der Waals surface area (Å²) in [5.74, 6) is 0. The Morgan fingerprint density at radius 3 is 2.33 bits per heavy atom. The summed E-state index contributed by atoms with van der Waals surface area (Å²) in [7, 11) is 0. The second kappa shape index (κ2) is 9.16. The summed E-state index contributed by atoms with van der Waals surface area (Å²) in [6.45, 7) is 14.5. The van der Waals surface area contributed by atoms with E-state index in [1.54, 1.807) is 0 Å². The molecule has 0 aromatic heterocycles. The summed E-state index contributed by atoms with van der Waals surface area (Å²) in [5, 5.41) is 7.01. The zero-order valence-corrected chi connectivity index (χ0v) is 15.8. The van der Waals surface area contributed by atoms with Crippen LogP contribution in [-0.2, 0) is 17.8 Å². The highest BCUT2D eigenvalue weighted by molar-refractivity contribution is 7.80. The maximum absolute atomic E-state index is 5.79. The van der Waals surface area contributed by atoms with Gasteiger partial charge >= 0.3 is 0 Å². The quantitative estimate of drug-likeness (QED) is 0.611. The SMILES string of the molecule is C=C(C)CNC(=S)NCc1ccc(CN2CC(C)OC(C)C2)cc1. The van der Waals surface area contributed by atoms with Crippen molar-refractivity contribution in [3.05, 3.63) is 47.5 Å². The van der Waals surface area contributed by atoms with Gasteiger partial charge in [0.25, 0.3) is 0 Å². The number of hydrogen-bond acceptors (Lipinski definition) is 3. The molecule has 1 saturated heterocycles. The molecule has 132 valence electrons. The molecule has 1 aromatic rings. The van der Waals surface area contributed by atoms with Crippen molar-refractivity contribution in [2.24, 2.45) is 0 Å². The molecule has 2 N–H and O–H groups in total. The first-order valence-corrected chi connectivity index (χ1v) is 8.95. The minimum Gasteiger partial charge on any atom is -0.373 e. The highest BCUT2D eigenvalue weighted by atomic mass is 32.1. The summed E-state index contributed by atoms with van der Waals surface area (Å²) < 4.78 is 5.79. The average molecular weight is 348 g/mol. The third-order valence-electron chi connectivity index (χ3n) is 3.93. The van der Waals surface area contributed by atoms with Crippen LogP contribution in [0.15, 0.2) is 36.4 Å². The van der Waals surface area contributed by atoms with Gasteiger partial charge in [0, 0.05) is 32.7 Å². The van der Waals surface area contributed by atoms with E-state index < -0.39 is 0 Å². The van der Waals surface area contributed by atoms with Crippen molar-refractivity contribution in [3.63, 3.8) is 0 Å². The Kier molecular flexibility index (Phi) is 7.21. The lowest BCUT2D eigenvalue weighted by atomic mass is 10.1. The zero-order chi connectivity index (χ0) is 17.5. The lowest BCUT2D eigenvalue weighted by Crippen LogP contribution is -2.44. The van der Waals surface area contributed by atoms with E-state index in [0.717, 1.165) is 31.8 Å². The largest absolute Gasteiger partial charge is 0.373 e. The molecule has 0 saturated carbocycles. The molecule has 1 fully saturated rings. The van der Waals surface area contributed by atoms with Crippen LogP contribution in [0.25, 0.3) is 0 Å². The van der Waals surface area contributed by atoms with Crippen LogP contribution in [0, 0.1) is 0 Å². The molecular weight excluding hydrogens is 318 g/mol. The van der Waals surface area contributed by atoms with Crippen molar-refractivity contribution < 1.29 is 4.74 Å². The van der Waals surface area contributed by atoms with Crippen molar-refractivity contribution in [2.75, 3.05) is 19.6 Å². The van der Waals surface area contributed by atoms with Gasteiger partial charge in [-0.05, 0) is 44.1 Å². The Balaban J connectivity index is 1.78. The molecule has 1 aliphatic heterocycles. The van der Waals surface area contributed by atoms with E-state index in [0.29, 0.717) is 23.9 Å². The highest BCUT2D eigenvalue weighted by Crippen LogP contribution is 2.14. The standard InChI is InChI=1S/C19H29N3OS/c1-14(2)9-20-19(24)21-10-17-5-7-18(8-6-17)13-22-11-15(3)23-16(4)12-22/h5-8,15-16H,1,9-13H2,2-4H3,(H2,20,21,24). The van der Waals surface area contributed by atoms with E-state index in [-0.39, 0.29) is 0 Å². The lowest BCUT2D eigenvalue weighted by Gasteiger charge is -2.35. The highest BCUT2D eigenvalue weighted by Gasteiger charge is 2.21. The topological polar surface area (TPSA) is 36.5 Å². The van der Waals surface area contributed by atoms with Gasteiger partial charge in [-0.15, -0.1) is 0 Å². The molecule has 0 amide bonds. The molecule has 1 heterocycles. The number of morpholine rings is 1. The van der Waals surface area contributed by atoms with Crippen LogP contribution in [-0.4, -0.2) is 41.9 Å². The van der Waals surface area contributed by atoms with Crippen LogP contribution in [0.4, 0.5) is 0 Å². The molecular formula is C19H29N3OS. The second-order valence-corrected chi connectivity index (χ2v) is 7.17. The summed E-state index contributed by atoms with van der Waals surface area (Å²) >= 11 is 5.25. The minimum atomic E-state index is 0.310. The number of hydrogen-bond donors (Lipinski definition) is 2. The molecule has 1 aliphatic rings. The number of benzene rings is 1. The van der Waals surface area contributed by atoms with E-state index in [1.807, 2.05) is 6.92 Å². The lowest BCUT2D eigenvalue weighted by molar-refractivity contribution is -0.0704. The molecule has 0 radical (unpaired) electrons. The van der Waals surface area contributed by atoms with E-state index in [2.05, 4.69) is 60.2 Å². The number of thiocarbonyl (C=S) groups is 1. The first kappa shape index (κ1) is 18.9. The van der Waals surface area contributed by atoms with Crippen molar-refractivity contribution >= 4 is 17.3 Å². The number of nitrogens with one attached hydrogen (secondary N) is 2. The number of nitrogens with zero attached hydrogens (tertiary/aromatic N) is 1. The normalized spacial score (nSPS) is 21.3. The van der Waals surface area contributed by atoms with E-state index >= 15 is 0 Å². The molecule has 0 spiro atoms. The summed E-state index contributed by atoms with van der Waals surface area (Å²) in [6, 6.07) is 8.73. The van der Waals surface area contributed by atoms with Gasteiger partial charge in [0.2, 0.25) is 0 Å². The van der Waals surface area contributed by atoms with Crippen LogP contribution >= 0.6 is 12.2 Å². The fourth-order valence-corrected chi connectivity index (χ4v) is 3.05. The third-order valence-corrected chi connectivity index (χ3v) is 4.22. The molecule has 0 bridgehead atoms. The van der Waals surface area contributed by atoms with Crippen molar-refractivity contribution in [2.45, 2.75) is 46.1 Å². The Bertz CT molecular complexity index is 548. The average Bonchev–Trinajstić information content (AvgIpc) is 2.51. The van der Waals surface area contributed by atoms with Gasteiger partial charge in [-0.2, -0.15) is 0 Å². The van der Waals surface area contributed by atoms with E-state index in [1.165, 1.54) is 11.1 Å². The third kappa shape index (κ3) is 6.59. The Labute approximate surface area is 151 Å². The fourth-order valence-electron chi connectivity index (χ4n) is 2.91. The minimum absolute atomic E-state index is 0.310. The monoisotopic (exact) mass is 347 g/mol. The van der Waals surface area contributed by atoms with Crippen LogP contribution in [0.1, 0.15) is 31.9 Å². The van der Waals surface area contributed by atoms with Crippen molar-refractivity contribution in [1.82, 2.24) is 15.5 Å². The predicted octanol–water partition coefficient (Wildman–Crippen LogP) is 2.84. The maximum Gasteiger partial charge on any atom is 0.166 e. The first-order chi connectivity index (χ1) is 11.4. The fraction of sp³-hybridized carbons (Fsp3) is 0.526. The van der Waals surface area contributed by atoms with Gasteiger partial charge in [-0.1, -0.05) is 36.4 Å². The molecule has 24 heavy (non-hydrogen) atoms. The van der Waals surface area contributed by atoms with Crippen LogP contribution < -0.4 is 10.6 Å². The molecule has 4 nitrogen and oxygen atoms in total. The van der Waals surface area contributed by atoms with Crippen molar-refractivity contribution in [3.8, 4) is 0 Å². The van der Waals surface area contributed by atoms with Gasteiger partial charge in [-0.3, -0.25) is 4.90 Å². The van der Waals surface area contributed by atoms with Gasteiger partial charge < -0.3 is 15.4 Å². The van der Waals surface area contributed by atoms with Crippen LogP contribution in [0.2, 0.25) is 0 Å². The Hall–Kier alpha value is -1.43. The van der Waals surface area contributed by atoms with Gasteiger partial charge in [-0.25, -0.2) is 0 Å². The van der Waals surface area contributed by atoms with Crippen molar-refractivity contribution in [1.29, 1.82) is 0 Å². The molecule has 0 aliphatic carbocycles. The molecule has 2 rings (SSSR count). The summed E-state index contributed by atoms with van der Waals surface area (Å²) in [4.78, 5) is 2.46. The van der Waals surface area contributed by atoms with Gasteiger partial charge in [0.15, 0.2) is 5.11 Å². The van der Waals surface area contributed by atoms with E-state index in [4.69, 9.17) is 17.0 Å². The number of rotatable bonds is 6. The maximum atomic E-state index is 5.79. The number of ether oxygens (including phenoxy) is 1. The molecule has 2 unspecified atom stereocenters. The molecule has 5 heteroatoms. The summed E-state index contributed by atoms with van der Waals surface area (Å²) in [6.07, 6.45) is 0.620. The van der Waals surface area contributed by atoms with Crippen LogP contribution in [0.3, 0.4) is 0 Å². The Morgan fingerprint density at radius 1 is 1.17 bits per heavy atom. The smallest absolute Gasteiger partial charge is 0.166 e. The Morgan fingerprint density at radius 2 is 1.75 bits per heavy atom. The van der Waals surface area contributed by atoms with Gasteiger partial charge in [0.05, 0.1) is 12.2 Å². The molecule has 1 aromatic carbocycles. The van der Waals surface area contributed by atoms with Gasteiger partial charge in [0.1, 0.15) is 0 Å². The molecule has 2 atom stereocenters. The van der Waals surface area contributed by atoms with E-state index in [9.17, 15) is 0 Å². The zero-order valence-electron chi connectivity index (χ0n) is 15.0. The van der Waals surface area contributed by atoms with Crippen LogP contribution in [0.5, 0.6) is 0 Å². The second-order valence-electron chi connectivity index (χ2n) is 6.76. The summed E-state index contributed by atoms with van der Waals surface area (Å²) in [5.41, 5.74) is 3.63. The first-order valence-electron chi connectivity index (χ1n) is 8.54. The predicted molar refractivity (Wildman–Crippen MR) is 104 cm³/mol.